The molecule has 0 bridgehead atoms. The summed E-state index contributed by atoms with van der Waals surface area (Å²) in [6.45, 7) is 0.416. The summed E-state index contributed by atoms with van der Waals surface area (Å²) >= 11 is 0. The van der Waals surface area contributed by atoms with Gasteiger partial charge in [-0.3, -0.25) is 9.59 Å². The Morgan fingerprint density at radius 1 is 1.00 bits per heavy atom. The van der Waals surface area contributed by atoms with Crippen molar-refractivity contribution in [3.05, 3.63) is 59.2 Å². The third kappa shape index (κ3) is 3.94. The molecule has 1 heterocycles. The first kappa shape index (κ1) is 18.3. The maximum atomic E-state index is 12.1. The van der Waals surface area contributed by atoms with Crippen molar-refractivity contribution in [2.24, 2.45) is 0 Å². The van der Waals surface area contributed by atoms with Gasteiger partial charge in [-0.1, -0.05) is 30.3 Å². The standard InChI is InChI=1S/C21H22N2O5/c24-19(22-11-14-5-6-17-18(9-14)28-13-27-17)20(25)23-12-21(26)8-7-15-3-1-2-4-16(15)10-21/h1-6,9,26H,7-8,10-13H2,(H,22,24)(H,23,25)/t21-/m1/s1. The normalized spacial score (nSPS) is 19.6. The molecule has 0 unspecified atom stereocenters. The fraction of sp³-hybridized carbons (Fsp3) is 0.333. The molecule has 1 atom stereocenters. The van der Waals surface area contributed by atoms with Gasteiger partial charge in [-0.15, -0.1) is 0 Å². The molecule has 28 heavy (non-hydrogen) atoms. The molecule has 0 saturated carbocycles. The molecular formula is C21H22N2O5. The van der Waals surface area contributed by atoms with Crippen molar-refractivity contribution in [1.29, 1.82) is 0 Å². The Bertz CT molecular complexity index is 913. The highest BCUT2D eigenvalue weighted by Gasteiger charge is 2.32. The SMILES string of the molecule is O=C(NCc1ccc2c(c1)OCO2)C(=O)NC[C@@]1(O)CCc2ccccc2C1. The zero-order chi connectivity index (χ0) is 19.6. The molecule has 0 radical (unpaired) electrons. The minimum atomic E-state index is -1.04. The van der Waals surface area contributed by atoms with Gasteiger partial charge in [-0.2, -0.15) is 0 Å². The van der Waals surface area contributed by atoms with E-state index in [0.29, 0.717) is 24.3 Å². The summed E-state index contributed by atoms with van der Waals surface area (Å²) in [6.07, 6.45) is 1.75. The molecule has 2 aromatic rings. The quantitative estimate of drug-likeness (QED) is 0.688. The molecule has 1 aliphatic carbocycles. The molecule has 2 aliphatic rings. The Morgan fingerprint density at radius 3 is 2.61 bits per heavy atom. The second-order valence-corrected chi connectivity index (χ2v) is 7.22. The van der Waals surface area contributed by atoms with Crippen LogP contribution in [0, 0.1) is 0 Å². The van der Waals surface area contributed by atoms with Gasteiger partial charge in [0, 0.05) is 19.5 Å². The summed E-state index contributed by atoms with van der Waals surface area (Å²) in [6, 6.07) is 13.3. The molecule has 0 fully saturated rings. The van der Waals surface area contributed by atoms with Gasteiger partial charge in [0.25, 0.3) is 0 Å². The fourth-order valence-electron chi connectivity index (χ4n) is 3.57. The number of nitrogens with one attached hydrogen (secondary N) is 2. The molecule has 2 aromatic carbocycles. The van der Waals surface area contributed by atoms with Crippen molar-refractivity contribution in [1.82, 2.24) is 10.6 Å². The van der Waals surface area contributed by atoms with E-state index in [9.17, 15) is 14.7 Å². The van der Waals surface area contributed by atoms with Gasteiger partial charge >= 0.3 is 11.8 Å². The summed E-state index contributed by atoms with van der Waals surface area (Å²) in [7, 11) is 0. The van der Waals surface area contributed by atoms with Crippen molar-refractivity contribution < 1.29 is 24.2 Å². The zero-order valence-corrected chi connectivity index (χ0v) is 15.4. The van der Waals surface area contributed by atoms with Gasteiger partial charge in [0.15, 0.2) is 11.5 Å². The molecule has 146 valence electrons. The molecule has 2 amide bonds. The Morgan fingerprint density at radius 2 is 1.75 bits per heavy atom. The third-order valence-electron chi connectivity index (χ3n) is 5.17. The van der Waals surface area contributed by atoms with Crippen LogP contribution < -0.4 is 20.1 Å². The van der Waals surface area contributed by atoms with E-state index in [1.807, 2.05) is 18.2 Å². The van der Waals surface area contributed by atoms with E-state index in [1.54, 1.807) is 18.2 Å². The number of aryl methyl sites for hydroxylation is 1. The Hall–Kier alpha value is -3.06. The minimum Gasteiger partial charge on any atom is -0.454 e. The van der Waals surface area contributed by atoms with E-state index in [2.05, 4.69) is 16.7 Å². The van der Waals surface area contributed by atoms with Crippen LogP contribution >= 0.6 is 0 Å². The van der Waals surface area contributed by atoms with Crippen LogP contribution in [0.2, 0.25) is 0 Å². The molecule has 0 saturated heterocycles. The maximum absolute atomic E-state index is 12.1. The average Bonchev–Trinajstić information content (AvgIpc) is 3.18. The molecule has 7 nitrogen and oxygen atoms in total. The van der Waals surface area contributed by atoms with Crippen molar-refractivity contribution in [3.8, 4) is 11.5 Å². The van der Waals surface area contributed by atoms with Crippen LogP contribution in [0.5, 0.6) is 11.5 Å². The second kappa shape index (κ2) is 7.52. The lowest BCUT2D eigenvalue weighted by molar-refractivity contribution is -0.140. The second-order valence-electron chi connectivity index (χ2n) is 7.22. The number of hydrogen-bond donors (Lipinski definition) is 3. The largest absolute Gasteiger partial charge is 0.454 e. The number of aliphatic hydroxyl groups is 1. The number of fused-ring (bicyclic) bond motifs is 2. The first-order chi connectivity index (χ1) is 13.5. The molecule has 4 rings (SSSR count). The third-order valence-corrected chi connectivity index (χ3v) is 5.17. The number of ether oxygens (including phenoxy) is 2. The van der Waals surface area contributed by atoms with Crippen molar-refractivity contribution >= 4 is 11.8 Å². The summed E-state index contributed by atoms with van der Waals surface area (Å²) in [4.78, 5) is 24.2. The van der Waals surface area contributed by atoms with Crippen LogP contribution in [-0.4, -0.2) is 35.9 Å². The van der Waals surface area contributed by atoms with Crippen molar-refractivity contribution in [2.45, 2.75) is 31.4 Å². The van der Waals surface area contributed by atoms with Crippen LogP contribution in [0.15, 0.2) is 42.5 Å². The monoisotopic (exact) mass is 382 g/mol. The van der Waals surface area contributed by atoms with Crippen molar-refractivity contribution in [2.75, 3.05) is 13.3 Å². The Balaban J connectivity index is 1.27. The lowest BCUT2D eigenvalue weighted by Gasteiger charge is -2.33. The molecule has 1 aliphatic heterocycles. The topological polar surface area (TPSA) is 96.9 Å². The van der Waals surface area contributed by atoms with Gasteiger partial charge in [0.1, 0.15) is 0 Å². The number of carbonyl (C=O) groups is 2. The van der Waals surface area contributed by atoms with Crippen LogP contribution in [0.3, 0.4) is 0 Å². The number of carbonyl (C=O) groups excluding carboxylic acids is 2. The Labute approximate surface area is 162 Å². The highest BCUT2D eigenvalue weighted by atomic mass is 16.7. The summed E-state index contributed by atoms with van der Waals surface area (Å²) in [5, 5.41) is 15.9. The van der Waals surface area contributed by atoms with E-state index in [0.717, 1.165) is 17.5 Å². The molecule has 0 aromatic heterocycles. The number of amides is 2. The summed E-state index contributed by atoms with van der Waals surface area (Å²) in [5.74, 6) is -0.211. The summed E-state index contributed by atoms with van der Waals surface area (Å²) < 4.78 is 10.5. The smallest absolute Gasteiger partial charge is 0.309 e. The predicted octanol–water partition coefficient (Wildman–Crippen LogP) is 1.07. The highest BCUT2D eigenvalue weighted by molar-refractivity contribution is 6.35. The van der Waals surface area contributed by atoms with Crippen molar-refractivity contribution in [3.63, 3.8) is 0 Å². The molecular weight excluding hydrogens is 360 g/mol. The summed E-state index contributed by atoms with van der Waals surface area (Å²) in [5.41, 5.74) is 2.06. The first-order valence-corrected chi connectivity index (χ1v) is 9.26. The van der Waals surface area contributed by atoms with Gasteiger partial charge in [-0.05, 0) is 41.7 Å². The lowest BCUT2D eigenvalue weighted by Crippen LogP contribution is -2.50. The predicted molar refractivity (Wildman–Crippen MR) is 101 cm³/mol. The molecule has 3 N–H and O–H groups in total. The van der Waals surface area contributed by atoms with E-state index in [1.165, 1.54) is 5.56 Å². The number of benzene rings is 2. The van der Waals surface area contributed by atoms with E-state index < -0.39 is 17.4 Å². The lowest BCUT2D eigenvalue weighted by atomic mass is 9.80. The molecule has 7 heteroatoms. The van der Waals surface area contributed by atoms with Crippen LogP contribution in [-0.2, 0) is 29.0 Å². The maximum Gasteiger partial charge on any atom is 0.309 e. The van der Waals surface area contributed by atoms with Gasteiger partial charge < -0.3 is 25.2 Å². The van der Waals surface area contributed by atoms with Gasteiger partial charge in [-0.25, -0.2) is 0 Å². The first-order valence-electron chi connectivity index (χ1n) is 9.26. The minimum absolute atomic E-state index is 0.0393. The van der Waals surface area contributed by atoms with Crippen LogP contribution in [0.4, 0.5) is 0 Å². The average molecular weight is 382 g/mol. The fourth-order valence-corrected chi connectivity index (χ4v) is 3.57. The van der Waals surface area contributed by atoms with E-state index in [-0.39, 0.29) is 19.9 Å². The van der Waals surface area contributed by atoms with Crippen LogP contribution in [0.25, 0.3) is 0 Å². The molecule has 0 spiro atoms. The van der Waals surface area contributed by atoms with E-state index in [4.69, 9.17) is 9.47 Å². The van der Waals surface area contributed by atoms with E-state index >= 15 is 0 Å². The van der Waals surface area contributed by atoms with Gasteiger partial charge in [0.05, 0.1) is 5.60 Å². The number of hydrogen-bond acceptors (Lipinski definition) is 5. The Kier molecular flexibility index (Phi) is 4.92. The van der Waals surface area contributed by atoms with Gasteiger partial charge in [0.2, 0.25) is 6.79 Å². The highest BCUT2D eigenvalue weighted by Crippen LogP contribution is 2.32. The number of rotatable bonds is 4. The zero-order valence-electron chi connectivity index (χ0n) is 15.4. The van der Waals surface area contributed by atoms with Crippen LogP contribution in [0.1, 0.15) is 23.1 Å².